The van der Waals surface area contributed by atoms with Gasteiger partial charge in [0.05, 0.1) is 24.7 Å². The second-order valence-corrected chi connectivity index (χ2v) is 3.67. The second kappa shape index (κ2) is 4.70. The first-order valence-corrected chi connectivity index (χ1v) is 4.54. The molecule has 1 heterocycles. The predicted molar refractivity (Wildman–Crippen MR) is 48.9 cm³/mol. The number of carbonyl (C=O) groups is 1. The average molecular weight is 204 g/mol. The quantitative estimate of drug-likeness (QED) is 0.335. The first-order valence-electron chi connectivity index (χ1n) is 4.54. The van der Waals surface area contributed by atoms with Gasteiger partial charge in [-0.3, -0.25) is 4.79 Å². The molecular weight excluding hydrogens is 188 g/mol. The van der Waals surface area contributed by atoms with E-state index in [1.54, 1.807) is 0 Å². The molecule has 0 bridgehead atoms. The van der Waals surface area contributed by atoms with Crippen LogP contribution < -0.4 is 10.6 Å². The molecule has 0 spiro atoms. The standard InChI is InChI=1S/C8H16N2O4/c11-3-6(12)2-10-8(1-7(13)14)4-9-5-8/h6,9-12H,1-5H2,(H,13,14). The number of β-amino-alcohol motifs (C(OH)–C–C–N with tert-alkyl or cyclic N) is 1. The smallest absolute Gasteiger partial charge is 0.305 e. The Bertz CT molecular complexity index is 206. The van der Waals surface area contributed by atoms with Crippen LogP contribution in [0.3, 0.4) is 0 Å². The molecule has 0 aliphatic carbocycles. The van der Waals surface area contributed by atoms with Gasteiger partial charge in [-0.1, -0.05) is 0 Å². The van der Waals surface area contributed by atoms with E-state index < -0.39 is 17.6 Å². The Kier molecular flexibility index (Phi) is 3.82. The van der Waals surface area contributed by atoms with Gasteiger partial charge in [-0.15, -0.1) is 0 Å². The van der Waals surface area contributed by atoms with E-state index in [0.29, 0.717) is 13.1 Å². The van der Waals surface area contributed by atoms with Gasteiger partial charge >= 0.3 is 5.97 Å². The molecule has 1 aliphatic rings. The van der Waals surface area contributed by atoms with Crippen molar-refractivity contribution in [3.8, 4) is 0 Å². The van der Waals surface area contributed by atoms with Crippen LogP contribution in [0.1, 0.15) is 6.42 Å². The maximum atomic E-state index is 10.5. The first kappa shape index (κ1) is 11.4. The number of aliphatic hydroxyl groups excluding tert-OH is 2. The van der Waals surface area contributed by atoms with Crippen LogP contribution in [0.4, 0.5) is 0 Å². The van der Waals surface area contributed by atoms with E-state index in [0.717, 1.165) is 0 Å². The summed E-state index contributed by atoms with van der Waals surface area (Å²) in [5.74, 6) is -0.863. The Hall–Kier alpha value is -0.690. The van der Waals surface area contributed by atoms with E-state index in [1.807, 2.05) is 0 Å². The third-order valence-electron chi connectivity index (χ3n) is 2.34. The highest BCUT2D eigenvalue weighted by molar-refractivity contribution is 5.68. The third-order valence-corrected chi connectivity index (χ3v) is 2.34. The Balaban J connectivity index is 2.34. The van der Waals surface area contributed by atoms with Crippen LogP contribution >= 0.6 is 0 Å². The van der Waals surface area contributed by atoms with Crippen molar-refractivity contribution in [3.63, 3.8) is 0 Å². The molecule has 1 unspecified atom stereocenters. The third kappa shape index (κ3) is 2.91. The van der Waals surface area contributed by atoms with Crippen molar-refractivity contribution < 1.29 is 20.1 Å². The molecule has 0 aromatic heterocycles. The van der Waals surface area contributed by atoms with E-state index >= 15 is 0 Å². The van der Waals surface area contributed by atoms with Crippen molar-refractivity contribution in [1.29, 1.82) is 0 Å². The number of aliphatic hydroxyl groups is 2. The summed E-state index contributed by atoms with van der Waals surface area (Å²) in [6, 6.07) is 0. The highest BCUT2D eigenvalue weighted by Crippen LogP contribution is 2.15. The fraction of sp³-hybridized carbons (Fsp3) is 0.875. The first-order chi connectivity index (χ1) is 6.58. The number of carboxylic acids is 1. The lowest BCUT2D eigenvalue weighted by atomic mass is 9.88. The lowest BCUT2D eigenvalue weighted by Gasteiger charge is -2.42. The summed E-state index contributed by atoms with van der Waals surface area (Å²) in [5, 5.41) is 32.3. The maximum absolute atomic E-state index is 10.5. The summed E-state index contributed by atoms with van der Waals surface area (Å²) in [4.78, 5) is 10.5. The minimum Gasteiger partial charge on any atom is -0.481 e. The van der Waals surface area contributed by atoms with E-state index in [4.69, 9.17) is 15.3 Å². The molecule has 1 rings (SSSR count). The van der Waals surface area contributed by atoms with E-state index in [1.165, 1.54) is 0 Å². The van der Waals surface area contributed by atoms with E-state index in [9.17, 15) is 4.79 Å². The second-order valence-electron chi connectivity index (χ2n) is 3.67. The summed E-state index contributed by atoms with van der Waals surface area (Å²) in [6.45, 7) is 1.06. The van der Waals surface area contributed by atoms with Gasteiger partial charge in [0.2, 0.25) is 0 Å². The van der Waals surface area contributed by atoms with Crippen molar-refractivity contribution in [1.82, 2.24) is 10.6 Å². The molecule has 6 nitrogen and oxygen atoms in total. The van der Waals surface area contributed by atoms with Gasteiger partial charge in [0.1, 0.15) is 0 Å². The number of hydrogen-bond acceptors (Lipinski definition) is 5. The number of hydrogen-bond donors (Lipinski definition) is 5. The van der Waals surface area contributed by atoms with Crippen molar-refractivity contribution in [2.75, 3.05) is 26.2 Å². The topological polar surface area (TPSA) is 102 Å². The molecule has 0 aromatic carbocycles. The predicted octanol–water partition coefficient (Wildman–Crippen LogP) is -2.25. The molecule has 6 heteroatoms. The Morgan fingerprint density at radius 2 is 2.21 bits per heavy atom. The minimum absolute atomic E-state index is 0.0259. The normalized spacial score (nSPS) is 21.3. The van der Waals surface area contributed by atoms with Gasteiger partial charge in [0.15, 0.2) is 0 Å². The van der Waals surface area contributed by atoms with Crippen molar-refractivity contribution >= 4 is 5.97 Å². The van der Waals surface area contributed by atoms with Crippen LogP contribution in [0.15, 0.2) is 0 Å². The van der Waals surface area contributed by atoms with Crippen LogP contribution in [0.2, 0.25) is 0 Å². The van der Waals surface area contributed by atoms with Crippen molar-refractivity contribution in [2.45, 2.75) is 18.1 Å². The number of rotatable bonds is 6. The van der Waals surface area contributed by atoms with Crippen molar-refractivity contribution in [3.05, 3.63) is 0 Å². The van der Waals surface area contributed by atoms with Crippen LogP contribution in [0.25, 0.3) is 0 Å². The Morgan fingerprint density at radius 3 is 2.57 bits per heavy atom. The molecule has 1 atom stereocenters. The van der Waals surface area contributed by atoms with Gasteiger partial charge < -0.3 is 26.0 Å². The summed E-state index contributed by atoms with van der Waals surface area (Å²) >= 11 is 0. The van der Waals surface area contributed by atoms with E-state index in [-0.39, 0.29) is 19.6 Å². The fourth-order valence-electron chi connectivity index (χ4n) is 1.43. The molecular formula is C8H16N2O4. The lowest BCUT2D eigenvalue weighted by molar-refractivity contribution is -0.139. The Labute approximate surface area is 81.9 Å². The fourth-order valence-corrected chi connectivity index (χ4v) is 1.43. The molecule has 0 amide bonds. The number of nitrogens with one attached hydrogen (secondary N) is 2. The highest BCUT2D eigenvalue weighted by atomic mass is 16.4. The Morgan fingerprint density at radius 1 is 1.57 bits per heavy atom. The molecule has 14 heavy (non-hydrogen) atoms. The zero-order valence-electron chi connectivity index (χ0n) is 7.86. The molecule has 0 aromatic rings. The van der Waals surface area contributed by atoms with Crippen LogP contribution in [0, 0.1) is 0 Å². The molecule has 1 fully saturated rings. The SMILES string of the molecule is O=C(O)CC1(NCC(O)CO)CNC1. The highest BCUT2D eigenvalue weighted by Gasteiger charge is 2.38. The monoisotopic (exact) mass is 204 g/mol. The summed E-state index contributed by atoms with van der Waals surface area (Å²) in [5.41, 5.74) is -0.456. The van der Waals surface area contributed by atoms with Crippen LogP contribution in [-0.2, 0) is 4.79 Å². The molecule has 1 aliphatic heterocycles. The molecule has 0 saturated carbocycles. The largest absolute Gasteiger partial charge is 0.481 e. The van der Waals surface area contributed by atoms with Gasteiger partial charge in [0.25, 0.3) is 0 Å². The zero-order chi connectivity index (χ0) is 10.6. The maximum Gasteiger partial charge on any atom is 0.305 e. The molecule has 5 N–H and O–H groups in total. The van der Waals surface area contributed by atoms with Crippen LogP contribution in [0.5, 0.6) is 0 Å². The summed E-state index contributed by atoms with van der Waals surface area (Å²) in [6.07, 6.45) is -0.806. The molecule has 1 saturated heterocycles. The average Bonchev–Trinajstić information content (AvgIpc) is 2.08. The minimum atomic E-state index is -0.863. The molecule has 0 radical (unpaired) electrons. The summed E-state index contributed by atoms with van der Waals surface area (Å²) in [7, 11) is 0. The van der Waals surface area contributed by atoms with Gasteiger partial charge in [0, 0.05) is 19.6 Å². The van der Waals surface area contributed by atoms with Gasteiger partial charge in [-0.05, 0) is 0 Å². The summed E-state index contributed by atoms with van der Waals surface area (Å²) < 4.78 is 0. The van der Waals surface area contributed by atoms with Crippen molar-refractivity contribution in [2.24, 2.45) is 0 Å². The molecule has 82 valence electrons. The van der Waals surface area contributed by atoms with Gasteiger partial charge in [-0.2, -0.15) is 0 Å². The number of carboxylic acid groups (broad SMARTS) is 1. The van der Waals surface area contributed by atoms with E-state index in [2.05, 4.69) is 10.6 Å². The van der Waals surface area contributed by atoms with Gasteiger partial charge in [-0.25, -0.2) is 0 Å². The zero-order valence-corrected chi connectivity index (χ0v) is 7.86. The number of aliphatic carboxylic acids is 1. The lowest BCUT2D eigenvalue weighted by Crippen LogP contribution is -2.69. The van der Waals surface area contributed by atoms with Crippen LogP contribution in [-0.4, -0.2) is 59.2 Å².